The number of anilines is 1. The lowest BCUT2D eigenvalue weighted by Crippen LogP contribution is -2.53. The predicted molar refractivity (Wildman–Crippen MR) is 187 cm³/mol. The van der Waals surface area contributed by atoms with Gasteiger partial charge in [-0.3, -0.25) is 13.9 Å². The van der Waals surface area contributed by atoms with Crippen molar-refractivity contribution in [3.63, 3.8) is 0 Å². The maximum absolute atomic E-state index is 14.6. The van der Waals surface area contributed by atoms with Gasteiger partial charge < -0.3 is 19.7 Å². The van der Waals surface area contributed by atoms with Gasteiger partial charge in [0.1, 0.15) is 12.6 Å². The Labute approximate surface area is 285 Å². The molecule has 0 aromatic heterocycles. The van der Waals surface area contributed by atoms with Crippen molar-refractivity contribution < 1.29 is 27.5 Å². The maximum Gasteiger partial charge on any atom is 0.264 e. The van der Waals surface area contributed by atoms with Gasteiger partial charge in [-0.15, -0.1) is 0 Å². The Morgan fingerprint density at radius 3 is 2.06 bits per heavy atom. The standard InChI is InChI=1S/C36H40BrN3O6S/c1-6-38-36(42)32(21-27-10-8-7-9-11-27)39(23-28-12-14-29(37)15-13-28)35(41)24-40(30-19-25(2)18-26(3)20-30)47(43,44)31-16-17-33(45-4)34(22-31)46-5/h7-20,22,32H,6,21,23-24H2,1-5H3,(H,38,42)/t32-/m1/s1. The monoisotopic (exact) mass is 721 g/mol. The number of aryl methyl sites for hydroxylation is 2. The topological polar surface area (TPSA) is 105 Å². The average Bonchev–Trinajstić information content (AvgIpc) is 3.05. The summed E-state index contributed by atoms with van der Waals surface area (Å²) < 4.78 is 41.6. The minimum atomic E-state index is -4.32. The first-order valence-corrected chi connectivity index (χ1v) is 17.4. The van der Waals surface area contributed by atoms with E-state index in [1.54, 1.807) is 12.1 Å². The van der Waals surface area contributed by atoms with Gasteiger partial charge in [0, 0.05) is 30.0 Å². The van der Waals surface area contributed by atoms with Crippen LogP contribution >= 0.6 is 15.9 Å². The molecule has 0 saturated carbocycles. The first-order chi connectivity index (χ1) is 22.5. The number of nitrogens with zero attached hydrogens (tertiary/aromatic N) is 2. The summed E-state index contributed by atoms with van der Waals surface area (Å²) in [6.45, 7) is 5.44. The van der Waals surface area contributed by atoms with Gasteiger partial charge in [-0.1, -0.05) is 64.5 Å². The lowest BCUT2D eigenvalue weighted by atomic mass is 10.0. The third kappa shape index (κ3) is 8.93. The summed E-state index contributed by atoms with van der Waals surface area (Å²) in [6, 6.07) is 25.7. The van der Waals surface area contributed by atoms with Crippen molar-refractivity contribution in [3.05, 3.63) is 118 Å². The molecule has 0 bridgehead atoms. The van der Waals surface area contributed by atoms with E-state index >= 15 is 0 Å². The highest BCUT2D eigenvalue weighted by Crippen LogP contribution is 2.33. The summed E-state index contributed by atoms with van der Waals surface area (Å²) in [5.74, 6) is -0.269. The Kier molecular flexibility index (Phi) is 12.1. The van der Waals surface area contributed by atoms with Crippen LogP contribution in [0.25, 0.3) is 0 Å². The molecule has 11 heteroatoms. The summed E-state index contributed by atoms with van der Waals surface area (Å²) in [4.78, 5) is 29.7. The van der Waals surface area contributed by atoms with E-state index in [1.807, 2.05) is 81.4 Å². The van der Waals surface area contributed by atoms with Crippen LogP contribution in [0.1, 0.15) is 29.2 Å². The van der Waals surface area contributed by atoms with Crippen LogP contribution in [-0.4, -0.2) is 58.5 Å². The molecule has 2 amide bonds. The van der Waals surface area contributed by atoms with Crippen molar-refractivity contribution in [3.8, 4) is 11.5 Å². The minimum Gasteiger partial charge on any atom is -0.493 e. The Hall–Kier alpha value is -4.35. The number of methoxy groups -OCH3 is 2. The molecule has 1 atom stereocenters. The van der Waals surface area contributed by atoms with Gasteiger partial charge in [-0.2, -0.15) is 0 Å². The van der Waals surface area contributed by atoms with E-state index in [4.69, 9.17) is 9.47 Å². The molecule has 0 fully saturated rings. The number of likely N-dealkylation sites (N-methyl/N-ethyl adjacent to an activating group) is 1. The molecule has 0 aliphatic rings. The Morgan fingerprint density at radius 1 is 0.830 bits per heavy atom. The zero-order chi connectivity index (χ0) is 34.1. The number of hydrogen-bond acceptors (Lipinski definition) is 6. The molecule has 0 saturated heterocycles. The number of rotatable bonds is 14. The molecule has 0 unspecified atom stereocenters. The molecule has 4 aromatic carbocycles. The van der Waals surface area contributed by atoms with Gasteiger partial charge in [-0.25, -0.2) is 8.42 Å². The van der Waals surface area contributed by atoms with Crippen molar-refractivity contribution in [1.29, 1.82) is 0 Å². The molecule has 1 N–H and O–H groups in total. The fraction of sp³-hybridized carbons (Fsp3) is 0.278. The highest BCUT2D eigenvalue weighted by Gasteiger charge is 2.35. The number of sulfonamides is 1. The van der Waals surface area contributed by atoms with Gasteiger partial charge in [0.05, 0.1) is 24.8 Å². The van der Waals surface area contributed by atoms with E-state index in [0.717, 1.165) is 31.0 Å². The van der Waals surface area contributed by atoms with Crippen molar-refractivity contribution in [2.45, 2.75) is 44.7 Å². The van der Waals surface area contributed by atoms with Crippen LogP contribution in [0.5, 0.6) is 11.5 Å². The van der Waals surface area contributed by atoms with E-state index in [2.05, 4.69) is 21.2 Å². The minimum absolute atomic E-state index is 0.0777. The highest BCUT2D eigenvalue weighted by atomic mass is 79.9. The summed E-state index contributed by atoms with van der Waals surface area (Å²) in [5, 5.41) is 2.88. The number of halogens is 1. The summed E-state index contributed by atoms with van der Waals surface area (Å²) in [5.41, 5.74) is 3.63. The van der Waals surface area contributed by atoms with Crippen LogP contribution in [0.3, 0.4) is 0 Å². The van der Waals surface area contributed by atoms with Crippen LogP contribution in [0.15, 0.2) is 100 Å². The Balaban J connectivity index is 1.84. The smallest absolute Gasteiger partial charge is 0.264 e. The van der Waals surface area contributed by atoms with Crippen LogP contribution in [-0.2, 0) is 32.6 Å². The van der Waals surface area contributed by atoms with E-state index in [9.17, 15) is 18.0 Å². The van der Waals surface area contributed by atoms with Gasteiger partial charge >= 0.3 is 0 Å². The third-order valence-corrected chi connectivity index (χ3v) is 9.90. The quantitative estimate of drug-likeness (QED) is 0.170. The zero-order valence-electron chi connectivity index (χ0n) is 27.2. The molecular weight excluding hydrogens is 682 g/mol. The third-order valence-electron chi connectivity index (χ3n) is 7.60. The number of benzene rings is 4. The molecule has 248 valence electrons. The molecule has 4 aromatic rings. The number of amides is 2. The summed E-state index contributed by atoms with van der Waals surface area (Å²) in [6.07, 6.45) is 0.237. The van der Waals surface area contributed by atoms with E-state index in [0.29, 0.717) is 18.0 Å². The molecule has 0 spiro atoms. The number of hydrogen-bond donors (Lipinski definition) is 1. The Morgan fingerprint density at radius 2 is 1.47 bits per heavy atom. The molecule has 47 heavy (non-hydrogen) atoms. The molecule has 0 aliphatic carbocycles. The van der Waals surface area contributed by atoms with Gasteiger partial charge in [0.2, 0.25) is 11.8 Å². The number of carbonyl (C=O) groups excluding carboxylic acids is 2. The molecule has 9 nitrogen and oxygen atoms in total. The van der Waals surface area contributed by atoms with Crippen LogP contribution in [0.2, 0.25) is 0 Å². The predicted octanol–water partition coefficient (Wildman–Crippen LogP) is 6.05. The van der Waals surface area contributed by atoms with E-state index in [1.165, 1.54) is 37.3 Å². The van der Waals surface area contributed by atoms with E-state index < -0.39 is 28.5 Å². The van der Waals surface area contributed by atoms with E-state index in [-0.39, 0.29) is 29.5 Å². The lowest BCUT2D eigenvalue weighted by Gasteiger charge is -2.34. The number of nitrogens with one attached hydrogen (secondary N) is 1. The van der Waals surface area contributed by atoms with Gasteiger partial charge in [0.25, 0.3) is 10.0 Å². The Bertz CT molecular complexity index is 1780. The summed E-state index contributed by atoms with van der Waals surface area (Å²) in [7, 11) is -1.43. The number of carbonyl (C=O) groups is 2. The largest absolute Gasteiger partial charge is 0.493 e. The fourth-order valence-corrected chi connectivity index (χ4v) is 7.04. The van der Waals surface area contributed by atoms with Crippen molar-refractivity contribution in [2.24, 2.45) is 0 Å². The normalized spacial score (nSPS) is 11.8. The first kappa shape index (κ1) is 35.5. The zero-order valence-corrected chi connectivity index (χ0v) is 29.6. The SMILES string of the molecule is CCNC(=O)[C@@H](Cc1ccccc1)N(Cc1ccc(Br)cc1)C(=O)CN(c1cc(C)cc(C)c1)S(=O)(=O)c1ccc(OC)c(OC)c1. The molecule has 0 aliphatic heterocycles. The molecule has 0 radical (unpaired) electrons. The van der Waals surface area contributed by atoms with Gasteiger partial charge in [0.15, 0.2) is 11.5 Å². The maximum atomic E-state index is 14.6. The highest BCUT2D eigenvalue weighted by molar-refractivity contribution is 9.10. The van der Waals surface area contributed by atoms with Crippen LogP contribution < -0.4 is 19.1 Å². The van der Waals surface area contributed by atoms with Crippen LogP contribution in [0, 0.1) is 13.8 Å². The second-order valence-electron chi connectivity index (χ2n) is 11.1. The number of ether oxygens (including phenoxy) is 2. The van der Waals surface area contributed by atoms with Crippen molar-refractivity contribution >= 4 is 43.5 Å². The van der Waals surface area contributed by atoms with Crippen LogP contribution in [0.4, 0.5) is 5.69 Å². The van der Waals surface area contributed by atoms with Crippen molar-refractivity contribution in [1.82, 2.24) is 10.2 Å². The average molecular weight is 723 g/mol. The summed E-state index contributed by atoms with van der Waals surface area (Å²) >= 11 is 3.46. The second kappa shape index (κ2) is 16.0. The molecule has 0 heterocycles. The molecular formula is C36H40BrN3O6S. The fourth-order valence-electron chi connectivity index (χ4n) is 5.36. The second-order valence-corrected chi connectivity index (χ2v) is 13.9. The molecule has 4 rings (SSSR count). The lowest BCUT2D eigenvalue weighted by molar-refractivity contribution is -0.140. The first-order valence-electron chi connectivity index (χ1n) is 15.2. The van der Waals surface area contributed by atoms with Crippen molar-refractivity contribution in [2.75, 3.05) is 31.6 Å². The van der Waals surface area contributed by atoms with Gasteiger partial charge in [-0.05, 0) is 79.4 Å².